The summed E-state index contributed by atoms with van der Waals surface area (Å²) in [6, 6.07) is 18.9. The predicted octanol–water partition coefficient (Wildman–Crippen LogP) is 3.76. The smallest absolute Gasteiger partial charge is 0.227 e. The molecule has 21 heavy (non-hydrogen) atoms. The third kappa shape index (κ3) is 2.71. The van der Waals surface area contributed by atoms with E-state index in [1.807, 2.05) is 24.3 Å². The van der Waals surface area contributed by atoms with Gasteiger partial charge in [0.1, 0.15) is 0 Å². The molecule has 0 unspecified atom stereocenters. The molecular weight excluding hydrogens is 258 g/mol. The van der Waals surface area contributed by atoms with Gasteiger partial charge in [-0.1, -0.05) is 54.6 Å². The van der Waals surface area contributed by atoms with Gasteiger partial charge >= 0.3 is 0 Å². The van der Waals surface area contributed by atoms with E-state index >= 15 is 0 Å². The molecule has 0 fully saturated rings. The highest BCUT2D eigenvalue weighted by molar-refractivity contribution is 5.80. The van der Waals surface area contributed by atoms with Gasteiger partial charge in [0.25, 0.3) is 0 Å². The fourth-order valence-electron chi connectivity index (χ4n) is 3.34. The number of hydrogen-bond donors (Lipinski definition) is 0. The molecule has 0 spiro atoms. The van der Waals surface area contributed by atoms with Gasteiger partial charge in [0, 0.05) is 6.04 Å². The quantitative estimate of drug-likeness (QED) is 0.819. The molecule has 2 heteroatoms. The first-order chi connectivity index (χ1) is 10.2. The van der Waals surface area contributed by atoms with Gasteiger partial charge in [-0.3, -0.25) is 4.79 Å². The van der Waals surface area contributed by atoms with Crippen molar-refractivity contribution >= 4 is 5.91 Å². The summed E-state index contributed by atoms with van der Waals surface area (Å²) in [4.78, 5) is 14.8. The molecule has 0 aromatic heterocycles. The lowest BCUT2D eigenvalue weighted by atomic mass is 10.0. The maximum Gasteiger partial charge on any atom is 0.227 e. The van der Waals surface area contributed by atoms with Crippen molar-refractivity contribution in [1.29, 1.82) is 0 Å². The minimum Gasteiger partial charge on any atom is -0.333 e. The van der Waals surface area contributed by atoms with Gasteiger partial charge in [-0.2, -0.15) is 0 Å². The Labute approximate surface area is 126 Å². The van der Waals surface area contributed by atoms with E-state index in [0.29, 0.717) is 6.42 Å². The molecule has 2 aromatic carbocycles. The summed E-state index contributed by atoms with van der Waals surface area (Å²) in [6.45, 7) is 4.28. The van der Waals surface area contributed by atoms with E-state index in [2.05, 4.69) is 49.1 Å². The van der Waals surface area contributed by atoms with Crippen molar-refractivity contribution in [1.82, 2.24) is 4.90 Å². The maximum absolute atomic E-state index is 12.7. The highest BCUT2D eigenvalue weighted by Crippen LogP contribution is 2.28. The van der Waals surface area contributed by atoms with E-state index in [1.54, 1.807) is 0 Å². The molecule has 1 heterocycles. The van der Waals surface area contributed by atoms with Crippen LogP contribution in [-0.4, -0.2) is 16.8 Å². The van der Waals surface area contributed by atoms with E-state index in [-0.39, 0.29) is 18.0 Å². The molecule has 1 amide bonds. The van der Waals surface area contributed by atoms with Crippen LogP contribution in [-0.2, 0) is 17.6 Å². The summed E-state index contributed by atoms with van der Waals surface area (Å²) in [5, 5.41) is 0. The number of carbonyl (C=O) groups excluding carboxylic acids is 1. The van der Waals surface area contributed by atoms with Crippen molar-refractivity contribution in [2.24, 2.45) is 0 Å². The van der Waals surface area contributed by atoms with Crippen molar-refractivity contribution in [3.8, 4) is 0 Å². The van der Waals surface area contributed by atoms with Crippen LogP contribution in [0.25, 0.3) is 0 Å². The minimum absolute atomic E-state index is 0.114. The summed E-state index contributed by atoms with van der Waals surface area (Å²) in [5.41, 5.74) is 3.68. The van der Waals surface area contributed by atoms with Crippen molar-refractivity contribution in [3.05, 3.63) is 71.3 Å². The van der Waals surface area contributed by atoms with Crippen LogP contribution in [0.2, 0.25) is 0 Å². The lowest BCUT2D eigenvalue weighted by molar-refractivity contribution is -0.134. The van der Waals surface area contributed by atoms with Gasteiger partial charge in [-0.05, 0) is 37.0 Å². The Morgan fingerprint density at radius 3 is 2.33 bits per heavy atom. The Morgan fingerprint density at radius 2 is 1.62 bits per heavy atom. The van der Waals surface area contributed by atoms with Crippen LogP contribution in [0.1, 0.15) is 36.6 Å². The number of fused-ring (bicyclic) bond motifs is 1. The van der Waals surface area contributed by atoms with Crippen molar-refractivity contribution in [3.63, 3.8) is 0 Å². The highest BCUT2D eigenvalue weighted by atomic mass is 16.2. The monoisotopic (exact) mass is 279 g/mol. The second-order valence-electron chi connectivity index (χ2n) is 5.89. The topological polar surface area (TPSA) is 20.3 Å². The summed E-state index contributed by atoms with van der Waals surface area (Å²) >= 11 is 0. The number of nitrogens with zero attached hydrogens (tertiary/aromatic N) is 1. The molecule has 2 atom stereocenters. The molecule has 0 N–H and O–H groups in total. The lowest BCUT2D eigenvalue weighted by Crippen LogP contribution is -2.40. The first-order valence-electron chi connectivity index (χ1n) is 7.59. The van der Waals surface area contributed by atoms with Crippen LogP contribution in [0.3, 0.4) is 0 Å². The summed E-state index contributed by atoms with van der Waals surface area (Å²) in [7, 11) is 0. The summed E-state index contributed by atoms with van der Waals surface area (Å²) in [5.74, 6) is 0.226. The zero-order valence-corrected chi connectivity index (χ0v) is 12.6. The van der Waals surface area contributed by atoms with Gasteiger partial charge in [-0.25, -0.2) is 0 Å². The molecule has 0 aliphatic carbocycles. The SMILES string of the molecule is C[C@H]1Cc2ccccc2CC(=O)N1[C@@H](C)c1ccccc1. The normalized spacial score (nSPS) is 19.8. The average molecular weight is 279 g/mol. The zero-order valence-electron chi connectivity index (χ0n) is 12.6. The zero-order chi connectivity index (χ0) is 14.8. The molecule has 0 saturated heterocycles. The number of amides is 1. The van der Waals surface area contributed by atoms with Gasteiger partial charge in [0.15, 0.2) is 0 Å². The van der Waals surface area contributed by atoms with Crippen LogP contribution >= 0.6 is 0 Å². The molecule has 3 rings (SSSR count). The largest absolute Gasteiger partial charge is 0.333 e. The first-order valence-corrected chi connectivity index (χ1v) is 7.59. The second kappa shape index (κ2) is 5.72. The molecule has 1 aliphatic rings. The first kappa shape index (κ1) is 13.9. The molecule has 0 bridgehead atoms. The molecule has 1 aliphatic heterocycles. The number of hydrogen-bond acceptors (Lipinski definition) is 1. The maximum atomic E-state index is 12.7. The molecule has 0 saturated carbocycles. The Hall–Kier alpha value is -2.09. The van der Waals surface area contributed by atoms with E-state index in [9.17, 15) is 4.79 Å². The average Bonchev–Trinajstić information content (AvgIpc) is 2.62. The number of carbonyl (C=O) groups is 1. The van der Waals surface area contributed by atoms with E-state index in [1.165, 1.54) is 16.7 Å². The molecule has 2 aromatic rings. The Balaban J connectivity index is 1.92. The molecule has 0 radical (unpaired) electrons. The van der Waals surface area contributed by atoms with Crippen molar-refractivity contribution in [2.75, 3.05) is 0 Å². The Morgan fingerprint density at radius 1 is 1.00 bits per heavy atom. The van der Waals surface area contributed by atoms with E-state index in [4.69, 9.17) is 0 Å². The molecule has 108 valence electrons. The van der Waals surface area contributed by atoms with Crippen molar-refractivity contribution < 1.29 is 4.79 Å². The van der Waals surface area contributed by atoms with Gasteiger partial charge in [-0.15, -0.1) is 0 Å². The predicted molar refractivity (Wildman–Crippen MR) is 85.0 cm³/mol. The van der Waals surface area contributed by atoms with Crippen LogP contribution in [0, 0.1) is 0 Å². The summed E-state index contributed by atoms with van der Waals surface area (Å²) < 4.78 is 0. The molecular formula is C19H21NO. The number of rotatable bonds is 2. The Kier molecular flexibility index (Phi) is 3.78. The fraction of sp³-hybridized carbons (Fsp3) is 0.316. The van der Waals surface area contributed by atoms with E-state index in [0.717, 1.165) is 6.42 Å². The third-order valence-electron chi connectivity index (χ3n) is 4.44. The van der Waals surface area contributed by atoms with Crippen LogP contribution in [0.4, 0.5) is 0 Å². The minimum atomic E-state index is 0.114. The van der Waals surface area contributed by atoms with Gasteiger partial charge in [0.2, 0.25) is 5.91 Å². The second-order valence-corrected chi connectivity index (χ2v) is 5.89. The Bertz CT molecular complexity index is 635. The van der Waals surface area contributed by atoms with Crippen LogP contribution < -0.4 is 0 Å². The number of benzene rings is 2. The van der Waals surface area contributed by atoms with Crippen LogP contribution in [0.5, 0.6) is 0 Å². The van der Waals surface area contributed by atoms with Gasteiger partial charge < -0.3 is 4.90 Å². The van der Waals surface area contributed by atoms with Crippen LogP contribution in [0.15, 0.2) is 54.6 Å². The summed E-state index contributed by atoms with van der Waals surface area (Å²) in [6.07, 6.45) is 1.44. The third-order valence-corrected chi connectivity index (χ3v) is 4.44. The van der Waals surface area contributed by atoms with Crippen molar-refractivity contribution in [2.45, 2.75) is 38.8 Å². The standard InChI is InChI=1S/C19H21NO/c1-14-12-17-10-6-7-11-18(17)13-19(21)20(14)15(2)16-8-4-3-5-9-16/h3-11,14-15H,12-13H2,1-2H3/t14-,15-/m0/s1. The fourth-order valence-corrected chi connectivity index (χ4v) is 3.34. The lowest BCUT2D eigenvalue weighted by Gasteiger charge is -2.33. The van der Waals surface area contributed by atoms with E-state index < -0.39 is 0 Å². The highest BCUT2D eigenvalue weighted by Gasteiger charge is 2.30. The van der Waals surface area contributed by atoms with Gasteiger partial charge in [0.05, 0.1) is 12.5 Å². The molecule has 2 nitrogen and oxygen atoms in total.